The molecule has 0 bridgehead atoms. The minimum atomic E-state index is -0.479. The zero-order valence-electron chi connectivity index (χ0n) is 14.3. The average Bonchev–Trinajstić information content (AvgIpc) is 2.49. The Bertz CT molecular complexity index is 635. The summed E-state index contributed by atoms with van der Waals surface area (Å²) in [4.78, 5) is 13.8. The minimum absolute atomic E-state index is 0.273. The lowest BCUT2D eigenvalue weighted by Crippen LogP contribution is -2.40. The monoisotopic (exact) mass is 312 g/mol. The van der Waals surface area contributed by atoms with Crippen molar-refractivity contribution in [2.45, 2.75) is 46.1 Å². The number of benzene rings is 1. The number of carbonyl (C=O) groups excluding carboxylic acids is 1. The first-order valence-electron chi connectivity index (χ1n) is 7.97. The highest BCUT2D eigenvalue weighted by Gasteiger charge is 2.25. The maximum absolute atomic E-state index is 12.1. The molecule has 1 amide bonds. The number of hydrogen-bond donors (Lipinski definition) is 0. The summed E-state index contributed by atoms with van der Waals surface area (Å²) in [5.74, 6) is 0. The smallest absolute Gasteiger partial charge is 0.410 e. The number of likely N-dealkylation sites (tertiary alicyclic amines) is 1. The Kier molecular flexibility index (Phi) is 5.10. The third-order valence-corrected chi connectivity index (χ3v) is 3.82. The quantitative estimate of drug-likeness (QED) is 0.726. The van der Waals surface area contributed by atoms with Crippen molar-refractivity contribution in [1.29, 1.82) is 5.26 Å². The van der Waals surface area contributed by atoms with Crippen LogP contribution in [0.2, 0.25) is 0 Å². The lowest BCUT2D eigenvalue weighted by atomic mass is 9.93. The van der Waals surface area contributed by atoms with E-state index in [9.17, 15) is 10.1 Å². The molecule has 1 aliphatic heterocycles. The number of amides is 1. The molecule has 1 aromatic carbocycles. The van der Waals surface area contributed by atoms with Crippen LogP contribution in [0.1, 0.15) is 44.7 Å². The van der Waals surface area contributed by atoms with Crippen molar-refractivity contribution in [1.82, 2.24) is 4.90 Å². The van der Waals surface area contributed by atoms with E-state index in [0.29, 0.717) is 13.1 Å². The number of piperidine rings is 1. The van der Waals surface area contributed by atoms with E-state index < -0.39 is 5.60 Å². The summed E-state index contributed by atoms with van der Waals surface area (Å²) >= 11 is 0. The molecule has 1 aromatic rings. The van der Waals surface area contributed by atoms with Gasteiger partial charge in [0.25, 0.3) is 0 Å². The van der Waals surface area contributed by atoms with Gasteiger partial charge < -0.3 is 9.64 Å². The summed E-state index contributed by atoms with van der Waals surface area (Å²) in [5.41, 5.74) is 3.52. The van der Waals surface area contributed by atoms with E-state index in [2.05, 4.69) is 6.07 Å². The van der Waals surface area contributed by atoms with E-state index in [1.807, 2.05) is 52.0 Å². The molecule has 23 heavy (non-hydrogen) atoms. The Labute approximate surface area is 138 Å². The average molecular weight is 312 g/mol. The van der Waals surface area contributed by atoms with E-state index in [1.54, 1.807) is 4.90 Å². The zero-order chi connectivity index (χ0) is 17.0. The predicted octanol–water partition coefficient (Wildman–Crippen LogP) is 4.30. The van der Waals surface area contributed by atoms with Gasteiger partial charge in [-0.05, 0) is 51.7 Å². The van der Waals surface area contributed by atoms with E-state index in [1.165, 1.54) is 5.56 Å². The topological polar surface area (TPSA) is 53.3 Å². The molecular formula is C19H24N2O2. The molecule has 1 heterocycles. The molecule has 4 nitrogen and oxygen atoms in total. The predicted molar refractivity (Wildman–Crippen MR) is 90.8 cm³/mol. The van der Waals surface area contributed by atoms with Gasteiger partial charge in [0.2, 0.25) is 0 Å². The molecule has 0 aliphatic carbocycles. The van der Waals surface area contributed by atoms with E-state index in [4.69, 9.17) is 4.74 Å². The molecule has 4 heteroatoms. The van der Waals surface area contributed by atoms with Crippen molar-refractivity contribution in [3.05, 3.63) is 41.0 Å². The van der Waals surface area contributed by atoms with Crippen LogP contribution >= 0.6 is 0 Å². The first kappa shape index (κ1) is 17.1. The molecule has 122 valence electrons. The fraction of sp³-hybridized carbons (Fsp3) is 0.474. The van der Waals surface area contributed by atoms with Gasteiger partial charge in [-0.15, -0.1) is 0 Å². The van der Waals surface area contributed by atoms with E-state index >= 15 is 0 Å². The number of aryl methyl sites for hydroxylation is 1. The van der Waals surface area contributed by atoms with Crippen molar-refractivity contribution in [2.75, 3.05) is 13.1 Å². The third kappa shape index (κ3) is 4.59. The standard InChI is InChI=1S/C19H24N2O2/c1-14-5-7-15(8-6-14)17(13-20)16-9-11-21(12-10-16)18(22)23-19(2,3)4/h5-8H,9-12H2,1-4H3. The van der Waals surface area contributed by atoms with Crippen LogP contribution in [0.4, 0.5) is 4.79 Å². The first-order valence-corrected chi connectivity index (χ1v) is 7.97. The molecule has 0 unspecified atom stereocenters. The van der Waals surface area contributed by atoms with Crippen LogP contribution in [0.5, 0.6) is 0 Å². The molecule has 0 aromatic heterocycles. The maximum Gasteiger partial charge on any atom is 0.410 e. The maximum atomic E-state index is 12.1. The third-order valence-electron chi connectivity index (χ3n) is 3.82. The van der Waals surface area contributed by atoms with Gasteiger partial charge in [-0.2, -0.15) is 5.26 Å². The number of carbonyl (C=O) groups is 1. The van der Waals surface area contributed by atoms with Crippen LogP contribution in [0.15, 0.2) is 29.8 Å². The Morgan fingerprint density at radius 1 is 1.17 bits per heavy atom. The van der Waals surface area contributed by atoms with Crippen LogP contribution in [0.25, 0.3) is 5.57 Å². The van der Waals surface area contributed by atoms with Crippen molar-refractivity contribution in [3.63, 3.8) is 0 Å². The Morgan fingerprint density at radius 2 is 1.74 bits per heavy atom. The van der Waals surface area contributed by atoms with Gasteiger partial charge in [0.1, 0.15) is 5.60 Å². The van der Waals surface area contributed by atoms with Crippen LogP contribution in [-0.4, -0.2) is 29.7 Å². The van der Waals surface area contributed by atoms with Gasteiger partial charge in [-0.25, -0.2) is 4.79 Å². The number of nitrogens with zero attached hydrogens (tertiary/aromatic N) is 2. The summed E-state index contributed by atoms with van der Waals surface area (Å²) in [6.07, 6.45) is 1.16. The molecule has 0 atom stereocenters. The van der Waals surface area contributed by atoms with Gasteiger partial charge in [-0.3, -0.25) is 0 Å². The highest BCUT2D eigenvalue weighted by atomic mass is 16.6. The normalized spacial score (nSPS) is 15.1. The lowest BCUT2D eigenvalue weighted by Gasteiger charge is -2.31. The molecule has 1 aliphatic rings. The summed E-state index contributed by atoms with van der Waals surface area (Å²) in [7, 11) is 0. The summed E-state index contributed by atoms with van der Waals surface area (Å²) in [6.45, 7) is 8.83. The van der Waals surface area contributed by atoms with Gasteiger partial charge >= 0.3 is 6.09 Å². The molecular weight excluding hydrogens is 288 g/mol. The van der Waals surface area contributed by atoms with Gasteiger partial charge in [0.15, 0.2) is 0 Å². The van der Waals surface area contributed by atoms with Crippen LogP contribution in [0, 0.1) is 18.3 Å². The number of ether oxygens (including phenoxy) is 1. The van der Waals surface area contributed by atoms with Gasteiger partial charge in [0, 0.05) is 13.1 Å². The molecule has 1 fully saturated rings. The van der Waals surface area contributed by atoms with Crippen molar-refractivity contribution >= 4 is 11.7 Å². The lowest BCUT2D eigenvalue weighted by molar-refractivity contribution is 0.0236. The van der Waals surface area contributed by atoms with Crippen molar-refractivity contribution in [2.24, 2.45) is 0 Å². The Hall–Kier alpha value is -2.28. The second kappa shape index (κ2) is 6.87. The fourth-order valence-electron chi connectivity index (χ4n) is 2.60. The fourth-order valence-corrected chi connectivity index (χ4v) is 2.60. The number of rotatable bonds is 1. The number of nitriles is 1. The van der Waals surface area contributed by atoms with Gasteiger partial charge in [0.05, 0.1) is 11.6 Å². The summed E-state index contributed by atoms with van der Waals surface area (Å²) in [5, 5.41) is 9.52. The highest BCUT2D eigenvalue weighted by molar-refractivity contribution is 5.80. The Balaban J connectivity index is 2.08. The highest BCUT2D eigenvalue weighted by Crippen LogP contribution is 2.27. The summed E-state index contributed by atoms with van der Waals surface area (Å²) in [6, 6.07) is 10.3. The van der Waals surface area contributed by atoms with Gasteiger partial charge in [-0.1, -0.05) is 29.8 Å². The summed E-state index contributed by atoms with van der Waals surface area (Å²) < 4.78 is 5.40. The molecule has 0 saturated carbocycles. The second-order valence-corrected chi connectivity index (χ2v) is 6.92. The van der Waals surface area contributed by atoms with E-state index in [-0.39, 0.29) is 6.09 Å². The SMILES string of the molecule is Cc1ccc(C(C#N)=C2CCN(C(=O)OC(C)(C)C)CC2)cc1. The van der Waals surface area contributed by atoms with E-state index in [0.717, 1.165) is 29.6 Å². The molecule has 1 saturated heterocycles. The number of hydrogen-bond acceptors (Lipinski definition) is 3. The van der Waals surface area contributed by atoms with Crippen LogP contribution in [0.3, 0.4) is 0 Å². The number of allylic oxidation sites excluding steroid dienone is 1. The largest absolute Gasteiger partial charge is 0.444 e. The van der Waals surface area contributed by atoms with Crippen LogP contribution < -0.4 is 0 Å². The first-order chi connectivity index (χ1) is 10.8. The molecule has 0 radical (unpaired) electrons. The second-order valence-electron chi connectivity index (χ2n) is 6.92. The molecule has 0 N–H and O–H groups in total. The zero-order valence-corrected chi connectivity index (χ0v) is 14.3. The minimum Gasteiger partial charge on any atom is -0.444 e. The molecule has 0 spiro atoms. The molecule has 2 rings (SSSR count). The van der Waals surface area contributed by atoms with Crippen molar-refractivity contribution in [3.8, 4) is 6.07 Å². The Morgan fingerprint density at radius 3 is 2.22 bits per heavy atom. The van der Waals surface area contributed by atoms with Crippen LogP contribution in [-0.2, 0) is 4.74 Å². The van der Waals surface area contributed by atoms with Crippen molar-refractivity contribution < 1.29 is 9.53 Å².